The van der Waals surface area contributed by atoms with E-state index < -0.39 is 41.3 Å². The first-order valence-corrected chi connectivity index (χ1v) is 10.1. The van der Waals surface area contributed by atoms with Crippen LogP contribution in [0.2, 0.25) is 0 Å². The van der Waals surface area contributed by atoms with E-state index in [0.717, 1.165) is 6.07 Å². The van der Waals surface area contributed by atoms with Crippen LogP contribution < -0.4 is 19.5 Å². The molecule has 0 radical (unpaired) electrons. The van der Waals surface area contributed by atoms with Crippen LogP contribution in [0.25, 0.3) is 0 Å². The van der Waals surface area contributed by atoms with Crippen molar-refractivity contribution < 1.29 is 41.0 Å². The van der Waals surface area contributed by atoms with Gasteiger partial charge in [-0.15, -0.1) is 8.78 Å². The largest absolute Gasteiger partial charge is 0.586 e. The number of alkyl halides is 2. The van der Waals surface area contributed by atoms with Gasteiger partial charge in [-0.2, -0.15) is 0 Å². The van der Waals surface area contributed by atoms with E-state index in [1.165, 1.54) is 24.3 Å². The van der Waals surface area contributed by atoms with Crippen LogP contribution in [0.15, 0.2) is 52.4 Å². The summed E-state index contributed by atoms with van der Waals surface area (Å²) in [5, 5.41) is 2.35. The molecule has 10 nitrogen and oxygen atoms in total. The molecule has 0 spiro atoms. The van der Waals surface area contributed by atoms with Crippen molar-refractivity contribution in [2.24, 2.45) is 4.99 Å². The molecule has 2 N–H and O–H groups in total. The van der Waals surface area contributed by atoms with Crippen molar-refractivity contribution in [1.29, 1.82) is 0 Å². The van der Waals surface area contributed by atoms with E-state index in [2.05, 4.69) is 24.5 Å². The lowest BCUT2D eigenvalue weighted by Gasteiger charge is -2.07. The zero-order chi connectivity index (χ0) is 22.2. The molecule has 31 heavy (non-hydrogen) atoms. The number of esters is 1. The molecule has 0 saturated heterocycles. The molecule has 162 valence electrons. The van der Waals surface area contributed by atoms with E-state index >= 15 is 0 Å². The number of rotatable bonds is 5. The first-order chi connectivity index (χ1) is 14.6. The lowest BCUT2D eigenvalue weighted by Crippen LogP contribution is -2.26. The number of benzene rings is 2. The summed E-state index contributed by atoms with van der Waals surface area (Å²) in [5.41, 5.74) is 0.444. The molecule has 2 aromatic carbocycles. The summed E-state index contributed by atoms with van der Waals surface area (Å²) in [6, 6.07) is 9.74. The molecule has 0 fully saturated rings. The van der Waals surface area contributed by atoms with E-state index in [1.807, 2.05) is 0 Å². The lowest BCUT2D eigenvalue weighted by molar-refractivity contribution is -0.286. The molecule has 0 bridgehead atoms. The predicted octanol–water partition coefficient (Wildman–Crippen LogP) is 1.23. The lowest BCUT2D eigenvalue weighted by atomic mass is 10.2. The van der Waals surface area contributed by atoms with Crippen molar-refractivity contribution in [3.63, 3.8) is 0 Å². The van der Waals surface area contributed by atoms with Gasteiger partial charge in [0.05, 0.1) is 4.90 Å². The highest BCUT2D eigenvalue weighted by Gasteiger charge is 2.43. The van der Waals surface area contributed by atoms with Gasteiger partial charge in [0.25, 0.3) is 15.9 Å². The number of anilines is 1. The second-order valence-electron chi connectivity index (χ2n) is 6.30. The Morgan fingerprint density at radius 1 is 1.13 bits per heavy atom. The zero-order valence-electron chi connectivity index (χ0n) is 15.4. The fraction of sp³-hybridized carbons (Fsp3) is 0.167. The third kappa shape index (κ3) is 4.40. The maximum atomic E-state index is 13.0. The van der Waals surface area contributed by atoms with E-state index in [4.69, 9.17) is 4.74 Å². The molecular formula is C18H13F2N3O7S. The normalized spacial score (nSPS) is 18.2. The van der Waals surface area contributed by atoms with Gasteiger partial charge in [0.1, 0.15) is 12.4 Å². The number of amidine groups is 1. The van der Waals surface area contributed by atoms with Gasteiger partial charge in [-0.05, 0) is 24.3 Å². The molecular weight excluding hydrogens is 440 g/mol. The van der Waals surface area contributed by atoms with E-state index in [1.54, 1.807) is 12.1 Å². The van der Waals surface area contributed by atoms with Crippen LogP contribution >= 0.6 is 0 Å². The summed E-state index contributed by atoms with van der Waals surface area (Å²) >= 11 is 0. The van der Waals surface area contributed by atoms with Gasteiger partial charge >= 0.3 is 12.3 Å². The van der Waals surface area contributed by atoms with Gasteiger partial charge in [-0.25, -0.2) is 8.42 Å². The predicted molar refractivity (Wildman–Crippen MR) is 100 cm³/mol. The molecule has 2 aliphatic rings. The maximum absolute atomic E-state index is 13.0. The third-order valence-electron chi connectivity index (χ3n) is 4.08. The average Bonchev–Trinajstić information content (AvgIpc) is 3.16. The number of amides is 1. The van der Waals surface area contributed by atoms with E-state index in [-0.39, 0.29) is 27.9 Å². The number of nitrogens with one attached hydrogen (secondary N) is 2. The van der Waals surface area contributed by atoms with Gasteiger partial charge in [0, 0.05) is 17.3 Å². The number of halogens is 2. The SMILES string of the molecule is O=C(COC(=O)CN=C1NS(=O)(=O)c2ccccc21)Nc1ccc2c(c1)OC(F)(F)O2. The minimum atomic E-state index is -3.78. The Bertz CT molecular complexity index is 1210. The Labute approximate surface area is 173 Å². The monoisotopic (exact) mass is 453 g/mol. The van der Waals surface area contributed by atoms with Crippen LogP contribution in [0.4, 0.5) is 14.5 Å². The Morgan fingerprint density at radius 2 is 1.87 bits per heavy atom. The number of ether oxygens (including phenoxy) is 3. The summed E-state index contributed by atoms with van der Waals surface area (Å²) in [6.45, 7) is -1.20. The first-order valence-electron chi connectivity index (χ1n) is 8.65. The highest BCUT2D eigenvalue weighted by molar-refractivity contribution is 7.90. The van der Waals surface area contributed by atoms with Crippen LogP contribution in [0.3, 0.4) is 0 Å². The van der Waals surface area contributed by atoms with Crippen molar-refractivity contribution in [3.8, 4) is 11.5 Å². The molecule has 4 rings (SSSR count). The van der Waals surface area contributed by atoms with Crippen molar-refractivity contribution >= 4 is 33.4 Å². The van der Waals surface area contributed by atoms with Crippen molar-refractivity contribution in [2.75, 3.05) is 18.5 Å². The van der Waals surface area contributed by atoms with Crippen LogP contribution in [-0.4, -0.2) is 45.6 Å². The van der Waals surface area contributed by atoms with Crippen molar-refractivity contribution in [1.82, 2.24) is 4.72 Å². The maximum Gasteiger partial charge on any atom is 0.586 e. The van der Waals surface area contributed by atoms with Gasteiger partial charge in [-0.3, -0.25) is 19.3 Å². The molecule has 0 unspecified atom stereocenters. The average molecular weight is 453 g/mol. The molecule has 2 heterocycles. The number of nitrogens with zero attached hydrogens (tertiary/aromatic N) is 1. The zero-order valence-corrected chi connectivity index (χ0v) is 16.2. The van der Waals surface area contributed by atoms with Gasteiger partial charge in [0.2, 0.25) is 0 Å². The molecule has 0 aromatic heterocycles. The third-order valence-corrected chi connectivity index (χ3v) is 5.48. The van der Waals surface area contributed by atoms with E-state index in [0.29, 0.717) is 5.56 Å². The highest BCUT2D eigenvalue weighted by atomic mass is 32.2. The Kier molecular flexibility index (Phi) is 4.97. The van der Waals surface area contributed by atoms with E-state index in [9.17, 15) is 26.8 Å². The molecule has 13 heteroatoms. The standard InChI is InChI=1S/C18H13F2N3O7S/c19-18(20)29-12-6-5-10(7-13(12)30-18)22-15(24)9-28-16(25)8-21-17-11-3-1-2-4-14(11)31(26,27)23-17/h1-7H,8-9H2,(H,21,23)(H,22,24). The molecule has 0 aliphatic carbocycles. The van der Waals surface area contributed by atoms with Crippen LogP contribution in [0.5, 0.6) is 11.5 Å². The fourth-order valence-corrected chi connectivity index (χ4v) is 4.06. The van der Waals surface area contributed by atoms with Gasteiger partial charge < -0.3 is 19.5 Å². The van der Waals surface area contributed by atoms with Gasteiger partial charge in [-0.1, -0.05) is 12.1 Å². The Balaban J connectivity index is 1.30. The summed E-state index contributed by atoms with van der Waals surface area (Å²) in [4.78, 5) is 27.7. The van der Waals surface area contributed by atoms with Crippen molar-refractivity contribution in [3.05, 3.63) is 48.0 Å². The second-order valence-corrected chi connectivity index (χ2v) is 7.96. The van der Waals surface area contributed by atoms with Crippen LogP contribution in [0, 0.1) is 0 Å². The summed E-state index contributed by atoms with van der Waals surface area (Å²) < 4.78 is 65.5. The molecule has 0 atom stereocenters. The second kappa shape index (κ2) is 7.50. The van der Waals surface area contributed by atoms with Crippen LogP contribution in [-0.2, 0) is 24.3 Å². The number of hydrogen-bond acceptors (Lipinski definition) is 8. The number of fused-ring (bicyclic) bond motifs is 2. The summed E-state index contributed by atoms with van der Waals surface area (Å²) in [5.74, 6) is -2.06. The number of carbonyl (C=O) groups excluding carboxylic acids is 2. The Hall–Kier alpha value is -3.74. The van der Waals surface area contributed by atoms with Crippen molar-refractivity contribution in [2.45, 2.75) is 11.2 Å². The summed E-state index contributed by atoms with van der Waals surface area (Å²) in [6.07, 6.45) is -3.78. The fourth-order valence-electron chi connectivity index (χ4n) is 2.81. The quantitative estimate of drug-likeness (QED) is 0.651. The first kappa shape index (κ1) is 20.5. The summed E-state index contributed by atoms with van der Waals surface area (Å²) in [7, 11) is -3.74. The highest BCUT2D eigenvalue weighted by Crippen LogP contribution is 2.42. The minimum absolute atomic E-state index is 0.00540. The van der Waals surface area contributed by atoms with Crippen LogP contribution in [0.1, 0.15) is 5.56 Å². The number of carbonyl (C=O) groups is 2. The molecule has 1 amide bonds. The topological polar surface area (TPSA) is 132 Å². The molecule has 2 aliphatic heterocycles. The number of hydrogen-bond donors (Lipinski definition) is 2. The van der Waals surface area contributed by atoms with Gasteiger partial charge in [0.15, 0.2) is 18.1 Å². The Morgan fingerprint density at radius 3 is 2.68 bits per heavy atom. The smallest absolute Gasteiger partial charge is 0.454 e. The number of aliphatic imine (C=N–C) groups is 1. The minimum Gasteiger partial charge on any atom is -0.454 e. The molecule has 2 aromatic rings. The molecule has 0 saturated carbocycles. The number of sulfonamides is 1.